The van der Waals surface area contributed by atoms with Gasteiger partial charge in [0, 0.05) is 29.7 Å². The van der Waals surface area contributed by atoms with E-state index < -0.39 is 9.85 Å². The van der Waals surface area contributed by atoms with E-state index in [1.807, 2.05) is 24.3 Å². The van der Waals surface area contributed by atoms with Crippen molar-refractivity contribution in [2.45, 2.75) is 141 Å². The number of nitrogens with zero attached hydrogens (tertiary/aromatic N) is 2. The third-order valence-electron chi connectivity index (χ3n) is 13.0. The van der Waals surface area contributed by atoms with Crippen LogP contribution in [0.4, 0.5) is 11.4 Å². The van der Waals surface area contributed by atoms with Crippen LogP contribution >= 0.6 is 0 Å². The van der Waals surface area contributed by atoms with Crippen LogP contribution in [0, 0.1) is 38.0 Å². The average Bonchev–Trinajstić information content (AvgIpc) is 3.24. The SMILES string of the molecule is CCCCCCCCCCCC1CCC(CCC2CCC(c3ccc(Oc4ccc([N+](=O)[O-])cc4)cc3)(c3ccc(Oc4ccc([N+](=O)[O-])cc4)cc3)CC2)CC1. The van der Waals surface area contributed by atoms with E-state index in [1.54, 1.807) is 24.3 Å². The van der Waals surface area contributed by atoms with E-state index in [4.69, 9.17) is 9.47 Å². The third-order valence-corrected chi connectivity index (χ3v) is 13.0. The Morgan fingerprint density at radius 3 is 1.19 bits per heavy atom. The monoisotopic (exact) mass is 774 g/mol. The van der Waals surface area contributed by atoms with Crippen molar-refractivity contribution in [3.63, 3.8) is 0 Å². The molecule has 304 valence electrons. The van der Waals surface area contributed by atoms with Crippen molar-refractivity contribution in [1.82, 2.24) is 0 Å². The van der Waals surface area contributed by atoms with Crippen LogP contribution in [0.15, 0.2) is 97.1 Å². The standard InChI is InChI=1S/C49H62N2O6/c1-2-3-4-5-6-7-8-9-10-11-38-12-14-39(15-13-38)16-17-40-34-36-49(37-35-40,41-18-26-45(27-19-41)56-47-30-22-43(23-31-47)50(52)53)42-20-28-46(29-21-42)57-48-32-24-44(25-33-48)51(54)55/h18-33,38-40H,2-17,34-37H2,1H3. The molecule has 0 saturated heterocycles. The molecule has 0 atom stereocenters. The number of rotatable bonds is 21. The molecule has 6 rings (SSSR count). The maximum absolute atomic E-state index is 11.1. The van der Waals surface area contributed by atoms with Gasteiger partial charge in [0.25, 0.3) is 11.4 Å². The summed E-state index contributed by atoms with van der Waals surface area (Å²) in [6.45, 7) is 2.29. The molecule has 2 saturated carbocycles. The molecule has 57 heavy (non-hydrogen) atoms. The first kappa shape index (κ1) is 41.9. The second kappa shape index (κ2) is 21.2. The van der Waals surface area contributed by atoms with E-state index in [0.29, 0.717) is 23.0 Å². The van der Waals surface area contributed by atoms with E-state index in [2.05, 4.69) is 31.2 Å². The molecule has 0 aromatic heterocycles. The molecule has 0 N–H and O–H groups in total. The molecule has 0 amide bonds. The van der Waals surface area contributed by atoms with Crippen LogP contribution in [-0.2, 0) is 5.41 Å². The summed E-state index contributed by atoms with van der Waals surface area (Å²) in [6, 6.07) is 29.0. The summed E-state index contributed by atoms with van der Waals surface area (Å²) in [6.07, 6.45) is 27.1. The fourth-order valence-electron chi connectivity index (χ4n) is 9.45. The van der Waals surface area contributed by atoms with Crippen molar-refractivity contribution in [2.24, 2.45) is 17.8 Å². The minimum absolute atomic E-state index is 0.0337. The quantitative estimate of drug-likeness (QED) is 0.0474. The fraction of sp³-hybridized carbons (Fsp3) is 0.510. The van der Waals surface area contributed by atoms with Gasteiger partial charge in [-0.15, -0.1) is 0 Å². The van der Waals surface area contributed by atoms with E-state index in [-0.39, 0.29) is 16.8 Å². The summed E-state index contributed by atoms with van der Waals surface area (Å²) in [5.41, 5.74) is 2.43. The van der Waals surface area contributed by atoms with Crippen molar-refractivity contribution in [3.8, 4) is 23.0 Å². The lowest BCUT2D eigenvalue weighted by Crippen LogP contribution is -2.33. The largest absolute Gasteiger partial charge is 0.457 e. The Balaban J connectivity index is 1.03. The van der Waals surface area contributed by atoms with Crippen molar-refractivity contribution >= 4 is 11.4 Å². The maximum Gasteiger partial charge on any atom is 0.269 e. The minimum atomic E-state index is -0.411. The van der Waals surface area contributed by atoms with Crippen LogP contribution in [0.2, 0.25) is 0 Å². The summed E-state index contributed by atoms with van der Waals surface area (Å²) in [5.74, 6) is 5.07. The van der Waals surface area contributed by atoms with Gasteiger partial charge in [0.05, 0.1) is 9.85 Å². The molecule has 0 heterocycles. The summed E-state index contributed by atoms with van der Waals surface area (Å²) < 4.78 is 12.1. The molecule has 0 radical (unpaired) electrons. The molecule has 0 spiro atoms. The van der Waals surface area contributed by atoms with Gasteiger partial charge in [-0.05, 0) is 103 Å². The molecule has 0 bridgehead atoms. The summed E-state index contributed by atoms with van der Waals surface area (Å²) >= 11 is 0. The van der Waals surface area contributed by atoms with Crippen LogP contribution < -0.4 is 9.47 Å². The predicted octanol–water partition coefficient (Wildman–Crippen LogP) is 15.1. The number of hydrogen-bond acceptors (Lipinski definition) is 6. The van der Waals surface area contributed by atoms with Gasteiger partial charge in [0.15, 0.2) is 0 Å². The second-order valence-corrected chi connectivity index (χ2v) is 16.9. The second-order valence-electron chi connectivity index (χ2n) is 16.9. The lowest BCUT2D eigenvalue weighted by atomic mass is 9.62. The number of hydrogen-bond donors (Lipinski definition) is 0. The van der Waals surface area contributed by atoms with E-state index in [1.165, 1.54) is 151 Å². The van der Waals surface area contributed by atoms with Crippen molar-refractivity contribution in [3.05, 3.63) is 128 Å². The zero-order valence-corrected chi connectivity index (χ0v) is 34.0. The summed E-state index contributed by atoms with van der Waals surface area (Å²) in [5, 5.41) is 22.2. The first-order valence-corrected chi connectivity index (χ1v) is 21.9. The molecule has 2 fully saturated rings. The van der Waals surface area contributed by atoms with Gasteiger partial charge in [-0.1, -0.05) is 134 Å². The van der Waals surface area contributed by atoms with Gasteiger partial charge in [0.2, 0.25) is 0 Å². The highest BCUT2D eigenvalue weighted by molar-refractivity contribution is 5.46. The molecule has 0 aliphatic heterocycles. The molecule has 4 aromatic carbocycles. The predicted molar refractivity (Wildman–Crippen MR) is 228 cm³/mol. The topological polar surface area (TPSA) is 105 Å². The van der Waals surface area contributed by atoms with Crippen LogP contribution in [0.5, 0.6) is 23.0 Å². The van der Waals surface area contributed by atoms with Crippen LogP contribution in [0.25, 0.3) is 0 Å². The van der Waals surface area contributed by atoms with Gasteiger partial charge >= 0.3 is 0 Å². The molecule has 8 heteroatoms. The highest BCUT2D eigenvalue weighted by Gasteiger charge is 2.38. The average molecular weight is 775 g/mol. The lowest BCUT2D eigenvalue weighted by molar-refractivity contribution is -0.385. The number of non-ortho nitro benzene ring substituents is 2. The molecular weight excluding hydrogens is 713 g/mol. The van der Waals surface area contributed by atoms with Crippen LogP contribution in [-0.4, -0.2) is 9.85 Å². The van der Waals surface area contributed by atoms with Gasteiger partial charge in [0.1, 0.15) is 23.0 Å². The number of nitro benzene ring substituents is 2. The number of benzene rings is 4. The Labute approximate surface area is 339 Å². The zero-order valence-electron chi connectivity index (χ0n) is 34.0. The van der Waals surface area contributed by atoms with E-state index in [9.17, 15) is 20.2 Å². The van der Waals surface area contributed by atoms with Crippen molar-refractivity contribution in [2.75, 3.05) is 0 Å². The van der Waals surface area contributed by atoms with Crippen molar-refractivity contribution in [1.29, 1.82) is 0 Å². The Morgan fingerprint density at radius 1 is 0.474 bits per heavy atom. The first-order chi connectivity index (χ1) is 27.8. The molecule has 2 aliphatic rings. The number of nitro groups is 2. The Morgan fingerprint density at radius 2 is 0.807 bits per heavy atom. The maximum atomic E-state index is 11.1. The van der Waals surface area contributed by atoms with E-state index in [0.717, 1.165) is 30.6 Å². The molecule has 2 aliphatic carbocycles. The van der Waals surface area contributed by atoms with E-state index >= 15 is 0 Å². The Bertz CT molecular complexity index is 1700. The molecule has 0 unspecified atom stereocenters. The zero-order chi connectivity index (χ0) is 39.9. The van der Waals surface area contributed by atoms with Gasteiger partial charge < -0.3 is 9.47 Å². The lowest BCUT2D eigenvalue weighted by Gasteiger charge is -2.42. The first-order valence-electron chi connectivity index (χ1n) is 21.9. The normalized spacial score (nSPS) is 18.2. The Hall–Kier alpha value is -4.72. The molecular formula is C49H62N2O6. The smallest absolute Gasteiger partial charge is 0.269 e. The summed E-state index contributed by atoms with van der Waals surface area (Å²) in [7, 11) is 0. The molecule has 8 nitrogen and oxygen atoms in total. The summed E-state index contributed by atoms with van der Waals surface area (Å²) in [4.78, 5) is 21.4. The van der Waals surface area contributed by atoms with Crippen LogP contribution in [0.3, 0.4) is 0 Å². The molecule has 4 aromatic rings. The van der Waals surface area contributed by atoms with Gasteiger partial charge in [-0.2, -0.15) is 0 Å². The van der Waals surface area contributed by atoms with Gasteiger partial charge in [-0.25, -0.2) is 0 Å². The van der Waals surface area contributed by atoms with Crippen molar-refractivity contribution < 1.29 is 19.3 Å². The highest BCUT2D eigenvalue weighted by Crippen LogP contribution is 2.49. The number of unbranched alkanes of at least 4 members (excludes halogenated alkanes) is 8. The van der Waals surface area contributed by atoms with Crippen LogP contribution in [0.1, 0.15) is 146 Å². The Kier molecular flexibility index (Phi) is 15.6. The third kappa shape index (κ3) is 12.1. The van der Waals surface area contributed by atoms with Gasteiger partial charge in [-0.3, -0.25) is 20.2 Å². The minimum Gasteiger partial charge on any atom is -0.457 e. The fourth-order valence-corrected chi connectivity index (χ4v) is 9.45. The number of ether oxygens (including phenoxy) is 2. The highest BCUT2D eigenvalue weighted by atomic mass is 16.6.